The standard InChI is InChI=1S/C17H15BrN4O2/c1-10-15(11-4-3-5-13(18)8-11)16(22-21-10)20-17(23)12-6-7-19-14(9-12)24-2/h3-9H,1-2H3,(H2,20,21,22,23). The summed E-state index contributed by atoms with van der Waals surface area (Å²) in [7, 11) is 1.51. The number of anilines is 1. The van der Waals surface area contributed by atoms with Crippen molar-refractivity contribution < 1.29 is 9.53 Å². The number of aromatic amines is 1. The van der Waals surface area contributed by atoms with E-state index in [2.05, 4.69) is 36.4 Å². The summed E-state index contributed by atoms with van der Waals surface area (Å²) in [6.07, 6.45) is 1.53. The molecule has 0 bridgehead atoms. The van der Waals surface area contributed by atoms with Crippen LogP contribution in [-0.2, 0) is 0 Å². The number of carbonyl (C=O) groups is 1. The molecule has 3 rings (SSSR count). The molecule has 6 nitrogen and oxygen atoms in total. The van der Waals surface area contributed by atoms with E-state index in [1.54, 1.807) is 12.1 Å². The van der Waals surface area contributed by atoms with Gasteiger partial charge in [-0.05, 0) is 30.7 Å². The molecule has 0 aliphatic heterocycles. The Bertz CT molecular complexity index is 892. The molecule has 2 N–H and O–H groups in total. The van der Waals surface area contributed by atoms with Crippen LogP contribution in [-0.4, -0.2) is 28.2 Å². The molecule has 0 fully saturated rings. The average Bonchev–Trinajstić information content (AvgIpc) is 2.95. The molecule has 0 spiro atoms. The van der Waals surface area contributed by atoms with E-state index in [0.29, 0.717) is 17.3 Å². The highest BCUT2D eigenvalue weighted by Gasteiger charge is 2.16. The third kappa shape index (κ3) is 3.30. The van der Waals surface area contributed by atoms with Crippen LogP contribution in [0.15, 0.2) is 47.1 Å². The van der Waals surface area contributed by atoms with E-state index >= 15 is 0 Å². The van der Waals surface area contributed by atoms with Crippen molar-refractivity contribution >= 4 is 27.7 Å². The van der Waals surface area contributed by atoms with Crippen LogP contribution >= 0.6 is 15.9 Å². The van der Waals surface area contributed by atoms with E-state index in [4.69, 9.17) is 4.74 Å². The Morgan fingerprint density at radius 2 is 2.12 bits per heavy atom. The molecule has 122 valence electrons. The Hall–Kier alpha value is -2.67. The van der Waals surface area contributed by atoms with E-state index in [1.807, 2.05) is 31.2 Å². The fourth-order valence-electron chi connectivity index (χ4n) is 2.36. The van der Waals surface area contributed by atoms with Gasteiger partial charge in [0.1, 0.15) is 0 Å². The lowest BCUT2D eigenvalue weighted by molar-refractivity contribution is 0.102. The van der Waals surface area contributed by atoms with Crippen LogP contribution in [0.5, 0.6) is 5.88 Å². The van der Waals surface area contributed by atoms with Gasteiger partial charge in [-0.1, -0.05) is 28.1 Å². The summed E-state index contributed by atoms with van der Waals surface area (Å²) in [5.41, 5.74) is 3.13. The summed E-state index contributed by atoms with van der Waals surface area (Å²) in [6, 6.07) is 11.0. The van der Waals surface area contributed by atoms with Gasteiger partial charge in [0.2, 0.25) is 5.88 Å². The second kappa shape index (κ2) is 6.84. The molecule has 7 heteroatoms. The summed E-state index contributed by atoms with van der Waals surface area (Å²) in [5, 5.41) is 9.97. The molecule has 0 aliphatic carbocycles. The van der Waals surface area contributed by atoms with E-state index in [9.17, 15) is 4.79 Å². The Morgan fingerprint density at radius 3 is 2.88 bits per heavy atom. The number of halogens is 1. The predicted molar refractivity (Wildman–Crippen MR) is 95.2 cm³/mol. The fraction of sp³-hybridized carbons (Fsp3) is 0.118. The Kier molecular flexibility index (Phi) is 4.61. The van der Waals surface area contributed by atoms with E-state index in [-0.39, 0.29) is 5.91 Å². The highest BCUT2D eigenvalue weighted by Crippen LogP contribution is 2.31. The lowest BCUT2D eigenvalue weighted by Gasteiger charge is -2.07. The third-order valence-electron chi connectivity index (χ3n) is 3.50. The highest BCUT2D eigenvalue weighted by molar-refractivity contribution is 9.10. The molecule has 2 heterocycles. The van der Waals surface area contributed by atoms with Gasteiger partial charge in [-0.3, -0.25) is 9.89 Å². The van der Waals surface area contributed by atoms with Crippen molar-refractivity contribution in [2.45, 2.75) is 6.92 Å². The van der Waals surface area contributed by atoms with Crippen LogP contribution in [0.1, 0.15) is 16.1 Å². The molecule has 0 radical (unpaired) electrons. The number of carbonyl (C=O) groups excluding carboxylic acids is 1. The summed E-state index contributed by atoms with van der Waals surface area (Å²) < 4.78 is 6.00. The molecule has 1 aromatic carbocycles. The largest absolute Gasteiger partial charge is 0.481 e. The fourth-order valence-corrected chi connectivity index (χ4v) is 2.76. The van der Waals surface area contributed by atoms with Crippen LogP contribution in [0, 0.1) is 6.92 Å². The first-order chi connectivity index (χ1) is 11.6. The number of aryl methyl sites for hydroxylation is 1. The van der Waals surface area contributed by atoms with Crippen molar-refractivity contribution in [3.05, 3.63) is 58.3 Å². The summed E-state index contributed by atoms with van der Waals surface area (Å²) in [6.45, 7) is 1.91. The molecule has 24 heavy (non-hydrogen) atoms. The molecule has 3 aromatic rings. The zero-order valence-electron chi connectivity index (χ0n) is 13.1. The quantitative estimate of drug-likeness (QED) is 0.714. The normalized spacial score (nSPS) is 10.5. The lowest BCUT2D eigenvalue weighted by Crippen LogP contribution is -2.13. The summed E-state index contributed by atoms with van der Waals surface area (Å²) in [5.74, 6) is 0.581. The topological polar surface area (TPSA) is 79.9 Å². The minimum atomic E-state index is -0.279. The van der Waals surface area contributed by atoms with Crippen molar-refractivity contribution in [2.75, 3.05) is 12.4 Å². The molecule has 0 atom stereocenters. The predicted octanol–water partition coefficient (Wildman–Crippen LogP) is 3.80. The first-order valence-electron chi connectivity index (χ1n) is 7.21. The van der Waals surface area contributed by atoms with Crippen LogP contribution < -0.4 is 10.1 Å². The molecular formula is C17H15BrN4O2. The minimum absolute atomic E-state index is 0.279. The van der Waals surface area contributed by atoms with Crippen LogP contribution in [0.4, 0.5) is 5.82 Å². The van der Waals surface area contributed by atoms with Gasteiger partial charge in [0.25, 0.3) is 5.91 Å². The molecule has 0 saturated heterocycles. The number of aromatic nitrogens is 3. The highest BCUT2D eigenvalue weighted by atomic mass is 79.9. The van der Waals surface area contributed by atoms with Crippen molar-refractivity contribution in [3.8, 4) is 17.0 Å². The molecule has 0 unspecified atom stereocenters. The van der Waals surface area contributed by atoms with Crippen molar-refractivity contribution in [3.63, 3.8) is 0 Å². The van der Waals surface area contributed by atoms with Gasteiger partial charge in [0.15, 0.2) is 5.82 Å². The lowest BCUT2D eigenvalue weighted by atomic mass is 10.1. The van der Waals surface area contributed by atoms with Gasteiger partial charge in [-0.15, -0.1) is 0 Å². The van der Waals surface area contributed by atoms with E-state index in [0.717, 1.165) is 21.3 Å². The smallest absolute Gasteiger partial charge is 0.257 e. The number of ether oxygens (including phenoxy) is 1. The van der Waals surface area contributed by atoms with Crippen molar-refractivity contribution in [1.82, 2.24) is 15.2 Å². The van der Waals surface area contributed by atoms with Crippen molar-refractivity contribution in [1.29, 1.82) is 0 Å². The van der Waals surface area contributed by atoms with Gasteiger partial charge < -0.3 is 10.1 Å². The minimum Gasteiger partial charge on any atom is -0.481 e. The number of nitrogens with one attached hydrogen (secondary N) is 2. The first-order valence-corrected chi connectivity index (χ1v) is 8.00. The Labute approximate surface area is 147 Å². The van der Waals surface area contributed by atoms with Crippen LogP contribution in [0.3, 0.4) is 0 Å². The summed E-state index contributed by atoms with van der Waals surface area (Å²) >= 11 is 3.46. The summed E-state index contributed by atoms with van der Waals surface area (Å²) in [4.78, 5) is 16.5. The number of benzene rings is 1. The number of amides is 1. The third-order valence-corrected chi connectivity index (χ3v) is 3.99. The van der Waals surface area contributed by atoms with Crippen molar-refractivity contribution in [2.24, 2.45) is 0 Å². The maximum atomic E-state index is 12.5. The maximum absolute atomic E-state index is 12.5. The number of hydrogen-bond donors (Lipinski definition) is 2. The van der Waals surface area contributed by atoms with Crippen LogP contribution in [0.2, 0.25) is 0 Å². The number of pyridine rings is 1. The number of H-pyrrole nitrogens is 1. The Morgan fingerprint density at radius 1 is 1.29 bits per heavy atom. The molecule has 0 saturated carbocycles. The second-order valence-corrected chi connectivity index (χ2v) is 6.04. The molecule has 0 aliphatic rings. The zero-order valence-corrected chi connectivity index (χ0v) is 14.7. The van der Waals surface area contributed by atoms with Gasteiger partial charge in [-0.25, -0.2) is 4.98 Å². The van der Waals surface area contributed by atoms with Gasteiger partial charge in [-0.2, -0.15) is 5.10 Å². The average molecular weight is 387 g/mol. The zero-order chi connectivity index (χ0) is 17.1. The SMILES string of the molecule is COc1cc(C(=O)Nc2n[nH]c(C)c2-c2cccc(Br)c2)ccn1. The Balaban J connectivity index is 1.92. The number of hydrogen-bond acceptors (Lipinski definition) is 4. The number of rotatable bonds is 4. The second-order valence-electron chi connectivity index (χ2n) is 5.12. The van der Waals surface area contributed by atoms with Crippen LogP contribution in [0.25, 0.3) is 11.1 Å². The molecule has 1 amide bonds. The molecular weight excluding hydrogens is 372 g/mol. The first kappa shape index (κ1) is 16.2. The van der Waals surface area contributed by atoms with Gasteiger partial charge in [0, 0.05) is 33.6 Å². The number of nitrogens with zero attached hydrogens (tertiary/aromatic N) is 2. The van der Waals surface area contributed by atoms with Gasteiger partial charge in [0.05, 0.1) is 7.11 Å². The monoisotopic (exact) mass is 386 g/mol. The van der Waals surface area contributed by atoms with E-state index < -0.39 is 0 Å². The van der Waals surface area contributed by atoms with Gasteiger partial charge >= 0.3 is 0 Å². The van der Waals surface area contributed by atoms with E-state index in [1.165, 1.54) is 13.3 Å². The molecule has 2 aromatic heterocycles. The number of methoxy groups -OCH3 is 1. The maximum Gasteiger partial charge on any atom is 0.257 e.